The first kappa shape index (κ1) is 20.9. The van der Waals surface area contributed by atoms with Crippen LogP contribution in [0.15, 0.2) is 28.7 Å². The van der Waals surface area contributed by atoms with E-state index >= 15 is 0 Å². The van der Waals surface area contributed by atoms with E-state index in [-0.39, 0.29) is 43.2 Å². The number of nitrogens with one attached hydrogen (secondary N) is 2. The van der Waals surface area contributed by atoms with Crippen molar-refractivity contribution in [2.45, 2.75) is 38.8 Å². The van der Waals surface area contributed by atoms with Crippen molar-refractivity contribution < 1.29 is 9.59 Å². The topological polar surface area (TPSA) is 84.2 Å². The lowest BCUT2D eigenvalue weighted by atomic mass is 9.92. The smallest absolute Gasteiger partial charge is 0.244 e. The normalized spacial score (nSPS) is 13.0. The number of halogens is 2. The van der Waals surface area contributed by atoms with Crippen LogP contribution in [0, 0.1) is 0 Å². The van der Waals surface area contributed by atoms with E-state index in [0.717, 1.165) is 10.0 Å². The van der Waals surface area contributed by atoms with Crippen molar-refractivity contribution in [2.75, 3.05) is 6.54 Å². The largest absolute Gasteiger partial charge is 0.354 e. The van der Waals surface area contributed by atoms with Gasteiger partial charge in [0.15, 0.2) is 0 Å². The highest BCUT2D eigenvalue weighted by molar-refractivity contribution is 9.10. The molecule has 0 fully saturated rings. The van der Waals surface area contributed by atoms with Crippen LogP contribution in [-0.2, 0) is 15.1 Å². The minimum atomic E-state index is -1.13. The van der Waals surface area contributed by atoms with Crippen molar-refractivity contribution in [1.82, 2.24) is 10.6 Å². The van der Waals surface area contributed by atoms with Crippen LogP contribution < -0.4 is 16.4 Å². The zero-order valence-corrected chi connectivity index (χ0v) is 15.4. The van der Waals surface area contributed by atoms with Gasteiger partial charge in [-0.15, -0.1) is 12.4 Å². The first-order valence-electron chi connectivity index (χ1n) is 6.86. The Morgan fingerprint density at radius 2 is 1.82 bits per heavy atom. The van der Waals surface area contributed by atoms with Crippen LogP contribution in [0.3, 0.4) is 0 Å². The lowest BCUT2D eigenvalue weighted by Crippen LogP contribution is -2.49. The molecule has 22 heavy (non-hydrogen) atoms. The molecule has 1 aromatic rings. The molecule has 0 spiro atoms. The first-order valence-corrected chi connectivity index (χ1v) is 7.65. The maximum Gasteiger partial charge on any atom is 0.244 e. The van der Waals surface area contributed by atoms with Crippen LogP contribution in [0.1, 0.15) is 32.8 Å². The minimum Gasteiger partial charge on any atom is -0.354 e. The number of rotatable bonds is 6. The van der Waals surface area contributed by atoms with Crippen LogP contribution in [-0.4, -0.2) is 24.4 Å². The predicted octanol–water partition coefficient (Wildman–Crippen LogP) is 2.08. The molecule has 0 aliphatic rings. The maximum atomic E-state index is 12.2. The van der Waals surface area contributed by atoms with Gasteiger partial charge >= 0.3 is 0 Å². The number of amides is 2. The monoisotopic (exact) mass is 391 g/mol. The molecular weight excluding hydrogens is 370 g/mol. The Morgan fingerprint density at radius 1 is 1.27 bits per heavy atom. The second-order valence-corrected chi connectivity index (χ2v) is 6.35. The molecule has 1 atom stereocenters. The van der Waals surface area contributed by atoms with E-state index in [2.05, 4.69) is 26.6 Å². The minimum absolute atomic E-state index is 0. The standard InChI is InChI=1S/C15H22BrN3O2.ClH/c1-10(2)19-13(20)8-9-18-14(21)15(3,17)11-4-6-12(16)7-5-11;/h4-7,10H,8-9,17H2,1-3H3,(H,18,21)(H,19,20);1H. The molecule has 2 amide bonds. The SMILES string of the molecule is CC(C)NC(=O)CCNC(=O)C(C)(N)c1ccc(Br)cc1.Cl. The molecule has 7 heteroatoms. The van der Waals surface area contributed by atoms with Crippen molar-refractivity contribution >= 4 is 40.2 Å². The fourth-order valence-electron chi connectivity index (χ4n) is 1.79. The summed E-state index contributed by atoms with van der Waals surface area (Å²) in [5.74, 6) is -0.394. The van der Waals surface area contributed by atoms with Crippen LogP contribution in [0.2, 0.25) is 0 Å². The predicted molar refractivity (Wildman–Crippen MR) is 93.8 cm³/mol. The van der Waals surface area contributed by atoms with Gasteiger partial charge in [-0.3, -0.25) is 9.59 Å². The summed E-state index contributed by atoms with van der Waals surface area (Å²) in [5, 5.41) is 5.47. The van der Waals surface area contributed by atoms with E-state index < -0.39 is 5.54 Å². The highest BCUT2D eigenvalue weighted by atomic mass is 79.9. The van der Waals surface area contributed by atoms with E-state index in [0.29, 0.717) is 0 Å². The fourth-order valence-corrected chi connectivity index (χ4v) is 2.06. The Balaban J connectivity index is 0.00000441. The molecule has 1 aromatic carbocycles. The second kappa shape index (κ2) is 9.12. The molecule has 0 aliphatic heterocycles. The molecule has 0 aromatic heterocycles. The van der Waals surface area contributed by atoms with Crippen LogP contribution in [0.25, 0.3) is 0 Å². The molecule has 0 aliphatic carbocycles. The number of benzene rings is 1. The summed E-state index contributed by atoms with van der Waals surface area (Å²) < 4.78 is 0.924. The number of nitrogens with two attached hydrogens (primary N) is 1. The van der Waals surface area contributed by atoms with Gasteiger partial charge in [-0.2, -0.15) is 0 Å². The lowest BCUT2D eigenvalue weighted by molar-refractivity contribution is -0.126. The average Bonchev–Trinajstić information content (AvgIpc) is 2.38. The number of carbonyl (C=O) groups excluding carboxylic acids is 2. The summed E-state index contributed by atoms with van der Waals surface area (Å²) in [7, 11) is 0. The molecule has 0 radical (unpaired) electrons. The molecule has 1 unspecified atom stereocenters. The Morgan fingerprint density at radius 3 is 2.32 bits per heavy atom. The van der Waals surface area contributed by atoms with Crippen LogP contribution >= 0.6 is 28.3 Å². The van der Waals surface area contributed by atoms with Gasteiger partial charge in [0, 0.05) is 23.5 Å². The van der Waals surface area contributed by atoms with Gasteiger partial charge in [0.1, 0.15) is 5.54 Å². The quantitative estimate of drug-likeness (QED) is 0.693. The van der Waals surface area contributed by atoms with Crippen molar-refractivity contribution in [3.63, 3.8) is 0 Å². The molecule has 0 saturated heterocycles. The zero-order chi connectivity index (χ0) is 16.0. The number of carbonyl (C=O) groups is 2. The molecule has 5 nitrogen and oxygen atoms in total. The highest BCUT2D eigenvalue weighted by Crippen LogP contribution is 2.20. The summed E-state index contributed by atoms with van der Waals surface area (Å²) in [6.07, 6.45) is 0.236. The number of hydrogen-bond donors (Lipinski definition) is 3. The van der Waals surface area contributed by atoms with Gasteiger partial charge in [0.2, 0.25) is 11.8 Å². The fraction of sp³-hybridized carbons (Fsp3) is 0.467. The van der Waals surface area contributed by atoms with E-state index in [1.807, 2.05) is 26.0 Å². The lowest BCUT2D eigenvalue weighted by Gasteiger charge is -2.24. The van der Waals surface area contributed by atoms with E-state index in [9.17, 15) is 9.59 Å². The van der Waals surface area contributed by atoms with Crippen molar-refractivity contribution in [3.05, 3.63) is 34.3 Å². The van der Waals surface area contributed by atoms with Crippen LogP contribution in [0.4, 0.5) is 0 Å². The van der Waals surface area contributed by atoms with Gasteiger partial charge in [-0.25, -0.2) is 0 Å². The van der Waals surface area contributed by atoms with E-state index in [4.69, 9.17) is 5.73 Å². The Kier molecular flexibility index (Phi) is 8.66. The third-order valence-electron chi connectivity index (χ3n) is 3.00. The van der Waals surface area contributed by atoms with Gasteiger partial charge in [0.05, 0.1) is 0 Å². The number of hydrogen-bond acceptors (Lipinski definition) is 3. The molecule has 1 rings (SSSR count). The second-order valence-electron chi connectivity index (χ2n) is 5.44. The zero-order valence-electron chi connectivity index (χ0n) is 13.0. The molecule has 0 heterocycles. The Labute approximate surface area is 145 Å². The average molecular weight is 393 g/mol. The molecule has 0 bridgehead atoms. The van der Waals surface area contributed by atoms with E-state index in [1.165, 1.54) is 0 Å². The summed E-state index contributed by atoms with van der Waals surface area (Å²) in [4.78, 5) is 23.7. The summed E-state index contributed by atoms with van der Waals surface area (Å²) in [6.45, 7) is 5.70. The van der Waals surface area contributed by atoms with E-state index in [1.54, 1.807) is 19.1 Å². The van der Waals surface area contributed by atoms with Gasteiger partial charge in [-0.05, 0) is 38.5 Å². The van der Waals surface area contributed by atoms with Crippen molar-refractivity contribution in [2.24, 2.45) is 5.73 Å². The first-order chi connectivity index (χ1) is 9.73. The van der Waals surface area contributed by atoms with Crippen molar-refractivity contribution in [1.29, 1.82) is 0 Å². The Hall–Kier alpha value is -1.11. The van der Waals surface area contributed by atoms with Gasteiger partial charge < -0.3 is 16.4 Å². The van der Waals surface area contributed by atoms with Gasteiger partial charge in [-0.1, -0.05) is 28.1 Å². The van der Waals surface area contributed by atoms with Crippen LogP contribution in [0.5, 0.6) is 0 Å². The summed E-state index contributed by atoms with van der Waals surface area (Å²) in [5.41, 5.74) is 5.69. The molecular formula is C15H23BrClN3O2. The summed E-state index contributed by atoms with van der Waals surface area (Å²) in [6, 6.07) is 7.37. The molecule has 124 valence electrons. The maximum absolute atomic E-state index is 12.2. The molecule has 4 N–H and O–H groups in total. The van der Waals surface area contributed by atoms with Gasteiger partial charge in [0.25, 0.3) is 0 Å². The van der Waals surface area contributed by atoms with Crippen molar-refractivity contribution in [3.8, 4) is 0 Å². The highest BCUT2D eigenvalue weighted by Gasteiger charge is 2.30. The Bertz CT molecular complexity index is 504. The molecule has 0 saturated carbocycles. The third kappa shape index (κ3) is 6.34. The summed E-state index contributed by atoms with van der Waals surface area (Å²) >= 11 is 3.34. The third-order valence-corrected chi connectivity index (χ3v) is 3.53.